The highest BCUT2D eigenvalue weighted by Gasteiger charge is 2.12. The number of rotatable bonds is 8. The summed E-state index contributed by atoms with van der Waals surface area (Å²) in [6.45, 7) is 5.38. The van der Waals surface area contributed by atoms with Gasteiger partial charge < -0.3 is 9.47 Å². The number of thioether (sulfide) groups is 1. The van der Waals surface area contributed by atoms with Crippen LogP contribution in [0.1, 0.15) is 13.8 Å². The Labute approximate surface area is 163 Å². The third kappa shape index (κ3) is 4.83. The molecule has 0 fully saturated rings. The highest BCUT2D eigenvalue weighted by molar-refractivity contribution is 7.99. The van der Waals surface area contributed by atoms with E-state index >= 15 is 0 Å². The minimum atomic E-state index is 0.0212. The first-order valence-corrected chi connectivity index (χ1v) is 9.96. The Morgan fingerprint density at radius 2 is 1.78 bits per heavy atom. The van der Waals surface area contributed by atoms with Crippen LogP contribution < -0.4 is 15.0 Å². The Balaban J connectivity index is 1.72. The van der Waals surface area contributed by atoms with E-state index in [1.165, 1.54) is 0 Å². The molecule has 0 atom stereocenters. The van der Waals surface area contributed by atoms with Crippen LogP contribution in [0.4, 0.5) is 0 Å². The van der Waals surface area contributed by atoms with Gasteiger partial charge in [0.25, 0.3) is 5.56 Å². The molecule has 0 bridgehead atoms. The zero-order valence-corrected chi connectivity index (χ0v) is 16.7. The van der Waals surface area contributed by atoms with E-state index in [2.05, 4.69) is 13.8 Å². The second-order valence-corrected chi connectivity index (χ2v) is 7.66. The minimum Gasteiger partial charge on any atom is -0.497 e. The Hall–Kier alpha value is -2.47. The minimum absolute atomic E-state index is 0.0212. The van der Waals surface area contributed by atoms with Crippen molar-refractivity contribution in [2.45, 2.75) is 25.5 Å². The monoisotopic (exact) mass is 384 g/mol. The normalized spacial score (nSPS) is 11.1. The van der Waals surface area contributed by atoms with Gasteiger partial charge in [-0.2, -0.15) is 0 Å². The molecule has 0 aliphatic rings. The molecule has 0 aliphatic carbocycles. The van der Waals surface area contributed by atoms with Gasteiger partial charge in [-0.15, -0.1) is 0 Å². The maximum absolute atomic E-state index is 12.9. The summed E-state index contributed by atoms with van der Waals surface area (Å²) in [5.41, 5.74) is 0.758. The Morgan fingerprint density at radius 3 is 2.48 bits per heavy atom. The lowest BCUT2D eigenvalue weighted by molar-refractivity contribution is 0.342. The highest BCUT2D eigenvalue weighted by atomic mass is 32.2. The van der Waals surface area contributed by atoms with Gasteiger partial charge in [-0.05, 0) is 42.3 Å². The van der Waals surface area contributed by atoms with Crippen LogP contribution in [-0.4, -0.2) is 29.0 Å². The molecular weight excluding hydrogens is 360 g/mol. The molecule has 142 valence electrons. The number of hydrogen-bond donors (Lipinski definition) is 0. The van der Waals surface area contributed by atoms with E-state index in [1.54, 1.807) is 23.4 Å². The molecule has 0 spiro atoms. The van der Waals surface area contributed by atoms with Gasteiger partial charge in [0.05, 0.1) is 24.6 Å². The SMILES string of the molecule is COc1ccc(OCCSc2nc3ccccc3c(=O)n2CC(C)C)cc1. The van der Waals surface area contributed by atoms with Crippen LogP contribution >= 0.6 is 11.8 Å². The summed E-state index contributed by atoms with van der Waals surface area (Å²) in [5.74, 6) is 2.66. The molecule has 1 heterocycles. The van der Waals surface area contributed by atoms with Crippen LogP contribution in [0.5, 0.6) is 11.5 Å². The van der Waals surface area contributed by atoms with Crippen LogP contribution in [0.25, 0.3) is 10.9 Å². The number of para-hydroxylation sites is 1. The van der Waals surface area contributed by atoms with E-state index in [9.17, 15) is 4.79 Å². The van der Waals surface area contributed by atoms with Crippen molar-refractivity contribution in [1.82, 2.24) is 9.55 Å². The average Bonchev–Trinajstić information content (AvgIpc) is 2.68. The van der Waals surface area contributed by atoms with Gasteiger partial charge in [0.15, 0.2) is 5.16 Å². The van der Waals surface area contributed by atoms with E-state index in [1.807, 2.05) is 48.5 Å². The van der Waals surface area contributed by atoms with Crippen molar-refractivity contribution >= 4 is 22.7 Å². The number of methoxy groups -OCH3 is 1. The molecule has 3 rings (SSSR count). The van der Waals surface area contributed by atoms with E-state index in [0.717, 1.165) is 22.2 Å². The standard InChI is InChI=1S/C21H24N2O3S/c1-15(2)14-23-20(24)18-6-4-5-7-19(18)22-21(23)27-13-12-26-17-10-8-16(25-3)9-11-17/h4-11,15H,12-14H2,1-3H3. The fourth-order valence-electron chi connectivity index (χ4n) is 2.75. The predicted molar refractivity (Wildman–Crippen MR) is 110 cm³/mol. The molecular formula is C21H24N2O3S. The van der Waals surface area contributed by atoms with Crippen LogP contribution in [-0.2, 0) is 6.54 Å². The van der Waals surface area contributed by atoms with Crippen molar-refractivity contribution in [2.24, 2.45) is 5.92 Å². The van der Waals surface area contributed by atoms with E-state index in [0.29, 0.717) is 30.2 Å². The Morgan fingerprint density at radius 1 is 1.07 bits per heavy atom. The first kappa shape index (κ1) is 19.3. The van der Waals surface area contributed by atoms with Crippen LogP contribution in [0.3, 0.4) is 0 Å². The van der Waals surface area contributed by atoms with Gasteiger partial charge in [0.1, 0.15) is 11.5 Å². The summed E-state index contributed by atoms with van der Waals surface area (Å²) < 4.78 is 12.7. The molecule has 0 N–H and O–H groups in total. The van der Waals surface area contributed by atoms with Crippen molar-refractivity contribution in [3.05, 3.63) is 58.9 Å². The maximum atomic E-state index is 12.9. The van der Waals surface area contributed by atoms with E-state index in [4.69, 9.17) is 14.5 Å². The molecule has 3 aromatic rings. The van der Waals surface area contributed by atoms with Crippen LogP contribution in [0.2, 0.25) is 0 Å². The zero-order chi connectivity index (χ0) is 19.2. The molecule has 2 aromatic carbocycles. The van der Waals surface area contributed by atoms with Crippen molar-refractivity contribution in [1.29, 1.82) is 0 Å². The average molecular weight is 385 g/mol. The Bertz CT molecular complexity index is 952. The zero-order valence-electron chi connectivity index (χ0n) is 15.8. The van der Waals surface area contributed by atoms with Gasteiger partial charge in [-0.3, -0.25) is 9.36 Å². The first-order chi connectivity index (χ1) is 13.1. The molecule has 0 unspecified atom stereocenters. The lowest BCUT2D eigenvalue weighted by Gasteiger charge is -2.15. The number of aromatic nitrogens is 2. The van der Waals surface area contributed by atoms with Gasteiger partial charge in [-0.1, -0.05) is 37.7 Å². The number of ether oxygens (including phenoxy) is 2. The lowest BCUT2D eigenvalue weighted by atomic mass is 10.2. The second kappa shape index (κ2) is 8.95. The summed E-state index contributed by atoms with van der Waals surface area (Å²) >= 11 is 1.55. The van der Waals surface area contributed by atoms with Gasteiger partial charge in [0, 0.05) is 12.3 Å². The number of fused-ring (bicyclic) bond motifs is 1. The van der Waals surface area contributed by atoms with Crippen LogP contribution in [0.15, 0.2) is 58.5 Å². The van der Waals surface area contributed by atoms with Crippen molar-refractivity contribution in [2.75, 3.05) is 19.5 Å². The predicted octanol–water partition coefficient (Wildman–Crippen LogP) is 4.23. The van der Waals surface area contributed by atoms with Crippen molar-refractivity contribution in [3.63, 3.8) is 0 Å². The van der Waals surface area contributed by atoms with E-state index in [-0.39, 0.29) is 5.56 Å². The molecule has 0 radical (unpaired) electrons. The molecule has 0 saturated carbocycles. The fourth-order valence-corrected chi connectivity index (χ4v) is 3.57. The number of benzene rings is 2. The Kier molecular flexibility index (Phi) is 6.40. The summed E-state index contributed by atoms with van der Waals surface area (Å²) in [6, 6.07) is 15.0. The quantitative estimate of drug-likeness (QED) is 0.330. The maximum Gasteiger partial charge on any atom is 0.262 e. The number of nitrogens with zero attached hydrogens (tertiary/aromatic N) is 2. The molecule has 0 saturated heterocycles. The third-order valence-corrected chi connectivity index (χ3v) is 4.96. The molecule has 0 aliphatic heterocycles. The summed E-state index contributed by atoms with van der Waals surface area (Å²) in [6.07, 6.45) is 0. The van der Waals surface area contributed by atoms with Crippen molar-refractivity contribution in [3.8, 4) is 11.5 Å². The third-order valence-electron chi connectivity index (χ3n) is 4.02. The largest absolute Gasteiger partial charge is 0.497 e. The first-order valence-electron chi connectivity index (χ1n) is 8.97. The summed E-state index contributed by atoms with van der Waals surface area (Å²) in [4.78, 5) is 17.6. The molecule has 0 amide bonds. The van der Waals surface area contributed by atoms with Gasteiger partial charge in [-0.25, -0.2) is 4.98 Å². The topological polar surface area (TPSA) is 53.4 Å². The molecule has 27 heavy (non-hydrogen) atoms. The van der Waals surface area contributed by atoms with Crippen LogP contribution in [0, 0.1) is 5.92 Å². The fraction of sp³-hybridized carbons (Fsp3) is 0.333. The summed E-state index contributed by atoms with van der Waals surface area (Å²) in [7, 11) is 1.64. The summed E-state index contributed by atoms with van der Waals surface area (Å²) in [5, 5.41) is 1.41. The lowest BCUT2D eigenvalue weighted by Crippen LogP contribution is -2.25. The molecule has 6 heteroatoms. The van der Waals surface area contributed by atoms with E-state index < -0.39 is 0 Å². The molecule has 5 nitrogen and oxygen atoms in total. The highest BCUT2D eigenvalue weighted by Crippen LogP contribution is 2.20. The molecule has 1 aromatic heterocycles. The van der Waals surface area contributed by atoms with Crippen molar-refractivity contribution < 1.29 is 9.47 Å². The second-order valence-electron chi connectivity index (χ2n) is 6.59. The smallest absolute Gasteiger partial charge is 0.262 e. The van der Waals surface area contributed by atoms with Gasteiger partial charge >= 0.3 is 0 Å². The number of hydrogen-bond acceptors (Lipinski definition) is 5. The van der Waals surface area contributed by atoms with Gasteiger partial charge in [0.2, 0.25) is 0 Å².